The fourth-order valence-electron chi connectivity index (χ4n) is 2.66. The van der Waals surface area contributed by atoms with E-state index in [9.17, 15) is 20.1 Å². The Labute approximate surface area is 137 Å². The second-order valence-electron chi connectivity index (χ2n) is 5.57. The molecule has 0 aromatic carbocycles. The number of aliphatic hydroxyl groups is 3. The van der Waals surface area contributed by atoms with Gasteiger partial charge in [0.05, 0.1) is 12.9 Å². The molecule has 1 amide bonds. The van der Waals surface area contributed by atoms with Crippen molar-refractivity contribution in [2.24, 2.45) is 0 Å². The Bertz CT molecular complexity index is 735. The highest BCUT2D eigenvalue weighted by atomic mass is 16.6. The van der Waals surface area contributed by atoms with Gasteiger partial charge < -0.3 is 25.4 Å². The number of imidazole rings is 1. The molecule has 4 unspecified atom stereocenters. The van der Waals surface area contributed by atoms with Crippen LogP contribution in [0.3, 0.4) is 0 Å². The molecule has 0 bridgehead atoms. The summed E-state index contributed by atoms with van der Waals surface area (Å²) in [5.74, 6) is 0.0870. The predicted octanol–water partition coefficient (Wildman–Crippen LogP) is -0.824. The van der Waals surface area contributed by atoms with Gasteiger partial charge in [-0.25, -0.2) is 15.0 Å². The third kappa shape index (κ3) is 2.84. The number of carbonyl (C=O) groups is 1. The van der Waals surface area contributed by atoms with Gasteiger partial charge in [0.1, 0.15) is 24.6 Å². The zero-order valence-electron chi connectivity index (χ0n) is 13.0. The first-order valence-corrected chi connectivity index (χ1v) is 7.66. The number of fused-ring (bicyclic) bond motifs is 1. The summed E-state index contributed by atoms with van der Waals surface area (Å²) in [4.78, 5) is 24.1. The normalized spacial score (nSPS) is 26.8. The number of ether oxygens (including phenoxy) is 1. The molecule has 3 rings (SSSR count). The van der Waals surface area contributed by atoms with Crippen LogP contribution in [0.5, 0.6) is 0 Å². The molecular weight excluding hydrogens is 318 g/mol. The van der Waals surface area contributed by atoms with E-state index in [1.165, 1.54) is 17.2 Å². The van der Waals surface area contributed by atoms with Crippen molar-refractivity contribution in [2.45, 2.75) is 44.3 Å². The van der Waals surface area contributed by atoms with Gasteiger partial charge in [-0.3, -0.25) is 9.36 Å². The van der Waals surface area contributed by atoms with E-state index < -0.39 is 31.1 Å². The molecule has 0 spiro atoms. The number of hydrogen-bond acceptors (Lipinski definition) is 8. The second kappa shape index (κ2) is 6.77. The molecule has 4 N–H and O–H groups in total. The Morgan fingerprint density at radius 2 is 2.12 bits per heavy atom. The van der Waals surface area contributed by atoms with E-state index in [1.807, 2.05) is 6.92 Å². The molecule has 10 nitrogen and oxygen atoms in total. The Balaban J connectivity index is 1.93. The van der Waals surface area contributed by atoms with E-state index in [-0.39, 0.29) is 11.7 Å². The van der Waals surface area contributed by atoms with Crippen LogP contribution in [-0.2, 0) is 9.53 Å². The maximum absolute atomic E-state index is 11.8. The summed E-state index contributed by atoms with van der Waals surface area (Å²) < 4.78 is 6.91. The molecule has 0 aliphatic carbocycles. The number of amides is 1. The number of anilines is 1. The van der Waals surface area contributed by atoms with Crippen molar-refractivity contribution in [1.82, 2.24) is 19.5 Å². The number of aromatic nitrogens is 4. The summed E-state index contributed by atoms with van der Waals surface area (Å²) in [5.41, 5.74) is 0.686. The quantitative estimate of drug-likeness (QED) is 0.554. The van der Waals surface area contributed by atoms with Crippen LogP contribution in [0, 0.1) is 0 Å². The van der Waals surface area contributed by atoms with Gasteiger partial charge in [0.2, 0.25) is 5.91 Å². The maximum Gasteiger partial charge on any atom is 0.225 e. The minimum Gasteiger partial charge on any atom is -0.394 e. The largest absolute Gasteiger partial charge is 0.394 e. The molecular formula is C14H19N5O5. The SMILES string of the molecule is CCCC(=O)Nc1ncnc2c1ncn2C1OC(CO)C(O)C1O. The van der Waals surface area contributed by atoms with Crippen molar-refractivity contribution in [3.8, 4) is 0 Å². The Morgan fingerprint density at radius 1 is 1.33 bits per heavy atom. The van der Waals surface area contributed by atoms with Crippen LogP contribution in [0.1, 0.15) is 26.0 Å². The number of aliphatic hydroxyl groups excluding tert-OH is 3. The lowest BCUT2D eigenvalue weighted by Crippen LogP contribution is -2.33. The van der Waals surface area contributed by atoms with Crippen LogP contribution in [0.15, 0.2) is 12.7 Å². The zero-order chi connectivity index (χ0) is 17.3. The van der Waals surface area contributed by atoms with Crippen LogP contribution in [0.2, 0.25) is 0 Å². The summed E-state index contributed by atoms with van der Waals surface area (Å²) in [6, 6.07) is 0. The van der Waals surface area contributed by atoms with Crippen molar-refractivity contribution in [1.29, 1.82) is 0 Å². The Morgan fingerprint density at radius 3 is 2.79 bits per heavy atom. The molecule has 24 heavy (non-hydrogen) atoms. The summed E-state index contributed by atoms with van der Waals surface area (Å²) in [5, 5.41) is 31.9. The number of rotatable bonds is 5. The topological polar surface area (TPSA) is 143 Å². The van der Waals surface area contributed by atoms with Crippen molar-refractivity contribution in [3.05, 3.63) is 12.7 Å². The molecule has 3 heterocycles. The van der Waals surface area contributed by atoms with Crippen molar-refractivity contribution < 1.29 is 24.9 Å². The fraction of sp³-hybridized carbons (Fsp3) is 0.571. The third-order valence-electron chi connectivity index (χ3n) is 3.88. The van der Waals surface area contributed by atoms with E-state index in [1.54, 1.807) is 0 Å². The molecule has 0 saturated carbocycles. The van der Waals surface area contributed by atoms with Gasteiger partial charge in [-0.2, -0.15) is 0 Å². The van der Waals surface area contributed by atoms with Crippen LogP contribution in [0.25, 0.3) is 11.2 Å². The molecule has 10 heteroatoms. The third-order valence-corrected chi connectivity index (χ3v) is 3.88. The number of hydrogen-bond donors (Lipinski definition) is 4. The van der Waals surface area contributed by atoms with E-state index in [0.29, 0.717) is 24.0 Å². The summed E-state index contributed by atoms with van der Waals surface area (Å²) in [6.45, 7) is 1.47. The van der Waals surface area contributed by atoms with Crippen molar-refractivity contribution in [2.75, 3.05) is 11.9 Å². The molecule has 0 radical (unpaired) electrons. The Hall–Kier alpha value is -2.14. The predicted molar refractivity (Wildman–Crippen MR) is 81.9 cm³/mol. The maximum atomic E-state index is 11.8. The standard InChI is InChI=1S/C14H19N5O5/c1-2-3-8(21)18-12-9-13(16-5-15-12)19(6-17-9)14-11(23)10(22)7(4-20)24-14/h5-7,10-11,14,20,22-23H,2-4H2,1H3,(H,15,16,18,21). The van der Waals surface area contributed by atoms with Gasteiger partial charge in [0.25, 0.3) is 0 Å². The summed E-state index contributed by atoms with van der Waals surface area (Å²) >= 11 is 0. The first kappa shape index (κ1) is 16.7. The van der Waals surface area contributed by atoms with Crippen LogP contribution < -0.4 is 5.32 Å². The van der Waals surface area contributed by atoms with Gasteiger partial charge in [-0.15, -0.1) is 0 Å². The van der Waals surface area contributed by atoms with Crippen molar-refractivity contribution in [3.63, 3.8) is 0 Å². The van der Waals surface area contributed by atoms with Gasteiger partial charge >= 0.3 is 0 Å². The van der Waals surface area contributed by atoms with Gasteiger partial charge in [-0.1, -0.05) is 6.92 Å². The summed E-state index contributed by atoms with van der Waals surface area (Å²) in [6.07, 6.45) is -0.587. The number of nitrogens with one attached hydrogen (secondary N) is 1. The number of nitrogens with zero attached hydrogens (tertiary/aromatic N) is 4. The molecule has 1 aliphatic rings. The number of carbonyl (C=O) groups excluding carboxylic acids is 1. The smallest absolute Gasteiger partial charge is 0.225 e. The van der Waals surface area contributed by atoms with Gasteiger partial charge in [-0.05, 0) is 6.42 Å². The van der Waals surface area contributed by atoms with Crippen LogP contribution in [-0.4, -0.2) is 65.7 Å². The fourth-order valence-corrected chi connectivity index (χ4v) is 2.66. The molecule has 1 fully saturated rings. The zero-order valence-corrected chi connectivity index (χ0v) is 13.0. The lowest BCUT2D eigenvalue weighted by molar-refractivity contribution is -0.116. The molecule has 1 saturated heterocycles. The molecule has 130 valence electrons. The molecule has 2 aromatic rings. The van der Waals surface area contributed by atoms with Gasteiger partial charge in [0.15, 0.2) is 23.2 Å². The van der Waals surface area contributed by atoms with E-state index in [2.05, 4.69) is 20.3 Å². The average Bonchev–Trinajstić information content (AvgIpc) is 3.11. The molecule has 4 atom stereocenters. The second-order valence-corrected chi connectivity index (χ2v) is 5.57. The molecule has 1 aliphatic heterocycles. The van der Waals surface area contributed by atoms with E-state index >= 15 is 0 Å². The lowest BCUT2D eigenvalue weighted by atomic mass is 10.1. The Kier molecular flexibility index (Phi) is 4.71. The minimum atomic E-state index is -1.24. The average molecular weight is 337 g/mol. The first-order valence-electron chi connectivity index (χ1n) is 7.66. The highest BCUT2D eigenvalue weighted by molar-refractivity contribution is 5.96. The first-order chi connectivity index (χ1) is 11.6. The lowest BCUT2D eigenvalue weighted by Gasteiger charge is -2.16. The minimum absolute atomic E-state index is 0.181. The summed E-state index contributed by atoms with van der Waals surface area (Å²) in [7, 11) is 0. The highest BCUT2D eigenvalue weighted by Gasteiger charge is 2.44. The van der Waals surface area contributed by atoms with E-state index in [0.717, 1.165) is 0 Å². The molecule has 2 aromatic heterocycles. The van der Waals surface area contributed by atoms with E-state index in [4.69, 9.17) is 4.74 Å². The van der Waals surface area contributed by atoms with Crippen molar-refractivity contribution >= 4 is 22.9 Å². The van der Waals surface area contributed by atoms with Crippen LogP contribution >= 0.6 is 0 Å². The van der Waals surface area contributed by atoms with Crippen LogP contribution in [0.4, 0.5) is 5.82 Å². The van der Waals surface area contributed by atoms with Gasteiger partial charge in [0, 0.05) is 6.42 Å². The monoisotopic (exact) mass is 337 g/mol. The highest BCUT2D eigenvalue weighted by Crippen LogP contribution is 2.32.